The zero-order valence-corrected chi connectivity index (χ0v) is 15.8. The number of anilines is 2. The Hall–Kier alpha value is -2.89. The van der Waals surface area contributed by atoms with E-state index in [0.717, 1.165) is 25.2 Å². The number of amides is 1. The standard InChI is InChI=1S/C21H25N3O3/c1-3-27-21(26)16-6-8-18(9-7-16)23-20(25)17-11-19(13-22-12-17)24-10-4-5-15(2)14-24/h6-9,11-13,15H,3-5,10,14H2,1-2H3,(H,23,25). The number of rotatable bonds is 5. The van der Waals surface area contributed by atoms with Gasteiger partial charge in [-0.1, -0.05) is 6.92 Å². The Morgan fingerprint density at radius 1 is 1.22 bits per heavy atom. The fraction of sp³-hybridized carbons (Fsp3) is 0.381. The molecule has 27 heavy (non-hydrogen) atoms. The van der Waals surface area contributed by atoms with Crippen LogP contribution in [0.4, 0.5) is 11.4 Å². The molecule has 0 saturated carbocycles. The lowest BCUT2D eigenvalue weighted by atomic mass is 10.00. The van der Waals surface area contributed by atoms with Crippen LogP contribution in [0.5, 0.6) is 0 Å². The number of hydrogen-bond acceptors (Lipinski definition) is 5. The smallest absolute Gasteiger partial charge is 0.338 e. The van der Waals surface area contributed by atoms with Gasteiger partial charge in [0, 0.05) is 25.0 Å². The molecule has 6 nitrogen and oxygen atoms in total. The lowest BCUT2D eigenvalue weighted by Gasteiger charge is -2.32. The number of nitrogens with one attached hydrogen (secondary N) is 1. The zero-order valence-electron chi connectivity index (χ0n) is 15.8. The largest absolute Gasteiger partial charge is 0.462 e. The SMILES string of the molecule is CCOC(=O)c1ccc(NC(=O)c2cncc(N3CCCC(C)C3)c2)cc1. The third-order valence-corrected chi connectivity index (χ3v) is 4.66. The topological polar surface area (TPSA) is 71.5 Å². The van der Waals surface area contributed by atoms with E-state index < -0.39 is 0 Å². The van der Waals surface area contributed by atoms with Gasteiger partial charge in [0.2, 0.25) is 0 Å². The molecule has 2 heterocycles. The molecule has 0 spiro atoms. The van der Waals surface area contributed by atoms with E-state index in [4.69, 9.17) is 4.74 Å². The van der Waals surface area contributed by atoms with Crippen molar-refractivity contribution in [1.29, 1.82) is 0 Å². The summed E-state index contributed by atoms with van der Waals surface area (Å²) in [6, 6.07) is 8.53. The highest BCUT2D eigenvalue weighted by Crippen LogP contribution is 2.23. The van der Waals surface area contributed by atoms with Crippen LogP contribution in [0.15, 0.2) is 42.7 Å². The van der Waals surface area contributed by atoms with Crippen LogP contribution in [0.1, 0.15) is 47.4 Å². The predicted octanol–water partition coefficient (Wildman–Crippen LogP) is 3.75. The second-order valence-electron chi connectivity index (χ2n) is 6.88. The summed E-state index contributed by atoms with van der Waals surface area (Å²) in [6.45, 7) is 6.32. The Labute approximate surface area is 159 Å². The van der Waals surface area contributed by atoms with Crippen molar-refractivity contribution in [3.63, 3.8) is 0 Å². The Morgan fingerprint density at radius 3 is 2.70 bits per heavy atom. The first-order valence-electron chi connectivity index (χ1n) is 9.35. The molecule has 0 bridgehead atoms. The number of aromatic nitrogens is 1. The second-order valence-corrected chi connectivity index (χ2v) is 6.88. The highest BCUT2D eigenvalue weighted by molar-refractivity contribution is 6.04. The minimum atomic E-state index is -0.372. The number of pyridine rings is 1. The number of carbonyl (C=O) groups excluding carboxylic acids is 2. The number of hydrogen-bond donors (Lipinski definition) is 1. The van der Waals surface area contributed by atoms with E-state index in [0.29, 0.717) is 29.3 Å². The lowest BCUT2D eigenvalue weighted by Crippen LogP contribution is -2.34. The Kier molecular flexibility index (Phi) is 6.06. The van der Waals surface area contributed by atoms with Crippen LogP contribution in [0.3, 0.4) is 0 Å². The van der Waals surface area contributed by atoms with Crippen LogP contribution in [-0.4, -0.2) is 36.6 Å². The number of benzene rings is 1. The average molecular weight is 367 g/mol. The minimum Gasteiger partial charge on any atom is -0.462 e. The molecular weight excluding hydrogens is 342 g/mol. The van der Waals surface area contributed by atoms with Crippen molar-refractivity contribution in [3.8, 4) is 0 Å². The van der Waals surface area contributed by atoms with Gasteiger partial charge in [0.25, 0.3) is 5.91 Å². The normalized spacial score (nSPS) is 16.7. The van der Waals surface area contributed by atoms with Crippen molar-refractivity contribution in [2.75, 3.05) is 29.9 Å². The molecule has 1 N–H and O–H groups in total. The first-order valence-corrected chi connectivity index (χ1v) is 9.35. The molecule has 3 rings (SSSR count). The van der Waals surface area contributed by atoms with Gasteiger partial charge in [-0.3, -0.25) is 9.78 Å². The van der Waals surface area contributed by atoms with Gasteiger partial charge >= 0.3 is 5.97 Å². The average Bonchev–Trinajstić information content (AvgIpc) is 2.69. The van der Waals surface area contributed by atoms with Crippen molar-refractivity contribution < 1.29 is 14.3 Å². The van der Waals surface area contributed by atoms with E-state index in [-0.39, 0.29) is 11.9 Å². The summed E-state index contributed by atoms with van der Waals surface area (Å²) in [4.78, 5) is 30.8. The van der Waals surface area contributed by atoms with Crippen LogP contribution >= 0.6 is 0 Å². The Morgan fingerprint density at radius 2 is 2.00 bits per heavy atom. The Balaban J connectivity index is 1.67. The van der Waals surface area contributed by atoms with E-state index in [1.54, 1.807) is 37.4 Å². The monoisotopic (exact) mass is 367 g/mol. The van der Waals surface area contributed by atoms with Gasteiger partial charge in [0.1, 0.15) is 0 Å². The maximum atomic E-state index is 12.6. The molecule has 1 fully saturated rings. The predicted molar refractivity (Wildman–Crippen MR) is 105 cm³/mol. The summed E-state index contributed by atoms with van der Waals surface area (Å²) >= 11 is 0. The van der Waals surface area contributed by atoms with Crippen molar-refractivity contribution in [2.45, 2.75) is 26.7 Å². The van der Waals surface area contributed by atoms with E-state index in [1.807, 2.05) is 12.3 Å². The number of nitrogens with zero attached hydrogens (tertiary/aromatic N) is 2. The highest BCUT2D eigenvalue weighted by Gasteiger charge is 2.18. The van der Waals surface area contributed by atoms with E-state index in [9.17, 15) is 9.59 Å². The van der Waals surface area contributed by atoms with Crippen LogP contribution in [-0.2, 0) is 4.74 Å². The third kappa shape index (κ3) is 4.84. The summed E-state index contributed by atoms with van der Waals surface area (Å²) < 4.78 is 4.96. The number of carbonyl (C=O) groups is 2. The molecule has 1 aliphatic heterocycles. The quantitative estimate of drug-likeness (QED) is 0.815. The minimum absolute atomic E-state index is 0.224. The maximum absolute atomic E-state index is 12.6. The zero-order chi connectivity index (χ0) is 19.2. The summed E-state index contributed by atoms with van der Waals surface area (Å²) in [5, 5.41) is 2.85. The van der Waals surface area contributed by atoms with Gasteiger partial charge in [0.15, 0.2) is 0 Å². The molecule has 0 radical (unpaired) electrons. The fourth-order valence-electron chi connectivity index (χ4n) is 3.26. The number of piperidine rings is 1. The fourth-order valence-corrected chi connectivity index (χ4v) is 3.26. The molecule has 1 atom stereocenters. The maximum Gasteiger partial charge on any atom is 0.338 e. The van der Waals surface area contributed by atoms with Crippen molar-refractivity contribution in [2.24, 2.45) is 5.92 Å². The first-order chi connectivity index (χ1) is 13.1. The molecule has 1 unspecified atom stereocenters. The first kappa shape index (κ1) is 18.9. The van der Waals surface area contributed by atoms with Gasteiger partial charge < -0.3 is 15.0 Å². The van der Waals surface area contributed by atoms with Gasteiger partial charge in [-0.15, -0.1) is 0 Å². The second kappa shape index (κ2) is 8.66. The molecule has 1 amide bonds. The lowest BCUT2D eigenvalue weighted by molar-refractivity contribution is 0.0526. The number of esters is 1. The Bertz CT molecular complexity index is 805. The molecule has 142 valence electrons. The summed E-state index contributed by atoms with van der Waals surface area (Å²) in [5.74, 6) is 0.0514. The van der Waals surface area contributed by atoms with Crippen molar-refractivity contribution in [1.82, 2.24) is 4.98 Å². The molecule has 1 aromatic heterocycles. The van der Waals surface area contributed by atoms with E-state index >= 15 is 0 Å². The van der Waals surface area contributed by atoms with Gasteiger partial charge in [0.05, 0.1) is 29.6 Å². The van der Waals surface area contributed by atoms with Gasteiger partial charge in [-0.25, -0.2) is 4.79 Å². The third-order valence-electron chi connectivity index (χ3n) is 4.66. The summed E-state index contributed by atoms with van der Waals surface area (Å²) in [7, 11) is 0. The molecule has 6 heteroatoms. The van der Waals surface area contributed by atoms with E-state index in [1.165, 1.54) is 6.42 Å². The molecular formula is C21H25N3O3. The highest BCUT2D eigenvalue weighted by atomic mass is 16.5. The van der Waals surface area contributed by atoms with Gasteiger partial charge in [-0.05, 0) is 56.0 Å². The number of ether oxygens (including phenoxy) is 1. The molecule has 1 aromatic carbocycles. The molecule has 2 aromatic rings. The summed E-state index contributed by atoms with van der Waals surface area (Å²) in [5.41, 5.74) is 2.56. The van der Waals surface area contributed by atoms with Crippen molar-refractivity contribution >= 4 is 23.3 Å². The van der Waals surface area contributed by atoms with Gasteiger partial charge in [-0.2, -0.15) is 0 Å². The van der Waals surface area contributed by atoms with Crippen molar-refractivity contribution in [3.05, 3.63) is 53.9 Å². The molecule has 0 aliphatic carbocycles. The van der Waals surface area contributed by atoms with Crippen LogP contribution in [0.25, 0.3) is 0 Å². The summed E-state index contributed by atoms with van der Waals surface area (Å²) in [6.07, 6.45) is 5.78. The van der Waals surface area contributed by atoms with Crippen LogP contribution in [0, 0.1) is 5.92 Å². The van der Waals surface area contributed by atoms with Crippen LogP contribution < -0.4 is 10.2 Å². The molecule has 1 saturated heterocycles. The molecule has 1 aliphatic rings. The van der Waals surface area contributed by atoms with E-state index in [2.05, 4.69) is 22.1 Å². The van der Waals surface area contributed by atoms with Crippen LogP contribution in [0.2, 0.25) is 0 Å².